The first-order valence-corrected chi connectivity index (χ1v) is 7.05. The minimum absolute atomic E-state index is 0.224. The van der Waals surface area contributed by atoms with Gasteiger partial charge in [0.05, 0.1) is 6.10 Å². The van der Waals surface area contributed by atoms with Crippen LogP contribution in [0.15, 0.2) is 24.3 Å². The quantitative estimate of drug-likeness (QED) is 0.694. The number of aliphatic hydroxyl groups is 2. The number of aliphatic hydroxyl groups excluding tert-OH is 2. The normalized spacial score (nSPS) is 14.4. The average Bonchev–Trinajstić information content (AvgIpc) is 2.39. The van der Waals surface area contributed by atoms with Gasteiger partial charge in [-0.25, -0.2) is 0 Å². The lowest BCUT2D eigenvalue weighted by Gasteiger charge is -2.12. The van der Waals surface area contributed by atoms with Crippen LogP contribution in [0.5, 0.6) is 0 Å². The lowest BCUT2D eigenvalue weighted by Crippen LogP contribution is -2.05. The van der Waals surface area contributed by atoms with Crippen LogP contribution in [0, 0.1) is 5.92 Å². The summed E-state index contributed by atoms with van der Waals surface area (Å²) in [6, 6.07) is 8.14. The smallest absolute Gasteiger partial charge is 0.0790 e. The molecule has 0 aromatic heterocycles. The Morgan fingerprint density at radius 2 is 1.78 bits per heavy atom. The van der Waals surface area contributed by atoms with Gasteiger partial charge in [0.25, 0.3) is 0 Å². The molecular formula is C16H26O2. The highest BCUT2D eigenvalue weighted by atomic mass is 16.3. The van der Waals surface area contributed by atoms with E-state index in [1.807, 2.05) is 19.1 Å². The van der Waals surface area contributed by atoms with Crippen molar-refractivity contribution in [1.29, 1.82) is 0 Å². The zero-order chi connectivity index (χ0) is 13.4. The first kappa shape index (κ1) is 15.2. The van der Waals surface area contributed by atoms with Crippen molar-refractivity contribution >= 4 is 0 Å². The fourth-order valence-electron chi connectivity index (χ4n) is 2.10. The topological polar surface area (TPSA) is 40.5 Å². The van der Waals surface area contributed by atoms with E-state index >= 15 is 0 Å². The lowest BCUT2D eigenvalue weighted by molar-refractivity contribution is 0.163. The van der Waals surface area contributed by atoms with Crippen molar-refractivity contribution in [1.82, 2.24) is 0 Å². The monoisotopic (exact) mass is 250 g/mol. The molecule has 1 rings (SSSR count). The first-order valence-electron chi connectivity index (χ1n) is 7.05. The molecule has 0 radical (unpaired) electrons. The fourth-order valence-corrected chi connectivity index (χ4v) is 2.10. The second-order valence-electron chi connectivity index (χ2n) is 5.25. The van der Waals surface area contributed by atoms with Gasteiger partial charge in [-0.1, -0.05) is 57.4 Å². The average molecular weight is 250 g/mol. The summed E-state index contributed by atoms with van der Waals surface area (Å²) in [5.41, 5.74) is 2.23. The van der Waals surface area contributed by atoms with E-state index in [-0.39, 0.29) is 12.7 Å². The van der Waals surface area contributed by atoms with Crippen molar-refractivity contribution < 1.29 is 10.2 Å². The standard InChI is InChI=1S/C16H26O2/c1-3-4-5-6-16(18)15-9-7-14(8-10-15)11-13(2)12-17/h7-10,13,16-18H,3-6,11-12H2,1-2H3. The van der Waals surface area contributed by atoms with Gasteiger partial charge in [-0.3, -0.25) is 0 Å². The molecule has 0 aliphatic rings. The lowest BCUT2D eigenvalue weighted by atomic mass is 9.98. The minimum atomic E-state index is -0.333. The third-order valence-electron chi connectivity index (χ3n) is 3.34. The summed E-state index contributed by atoms with van der Waals surface area (Å²) in [7, 11) is 0. The largest absolute Gasteiger partial charge is 0.396 e. The SMILES string of the molecule is CCCCCC(O)c1ccc(CC(C)CO)cc1. The minimum Gasteiger partial charge on any atom is -0.396 e. The molecule has 0 spiro atoms. The van der Waals surface area contributed by atoms with Crippen LogP contribution in [0.3, 0.4) is 0 Å². The first-order chi connectivity index (χ1) is 8.67. The molecule has 102 valence electrons. The molecule has 0 aliphatic carbocycles. The van der Waals surface area contributed by atoms with Gasteiger partial charge < -0.3 is 10.2 Å². The van der Waals surface area contributed by atoms with Crippen LogP contribution in [0.4, 0.5) is 0 Å². The van der Waals surface area contributed by atoms with Crippen LogP contribution in [0.25, 0.3) is 0 Å². The van der Waals surface area contributed by atoms with E-state index in [4.69, 9.17) is 5.11 Å². The molecule has 1 aromatic carbocycles. The predicted octanol–water partition coefficient (Wildman–Crippen LogP) is 3.47. The molecule has 0 saturated heterocycles. The maximum atomic E-state index is 10.0. The molecule has 2 unspecified atom stereocenters. The Kier molecular flexibility index (Phi) is 6.99. The predicted molar refractivity (Wildman–Crippen MR) is 75.5 cm³/mol. The zero-order valence-corrected chi connectivity index (χ0v) is 11.6. The van der Waals surface area contributed by atoms with Crippen LogP contribution in [-0.4, -0.2) is 16.8 Å². The Morgan fingerprint density at radius 1 is 1.11 bits per heavy atom. The van der Waals surface area contributed by atoms with Crippen LogP contribution >= 0.6 is 0 Å². The van der Waals surface area contributed by atoms with Crippen molar-refractivity contribution in [3.8, 4) is 0 Å². The maximum Gasteiger partial charge on any atom is 0.0790 e. The Hall–Kier alpha value is -0.860. The van der Waals surface area contributed by atoms with Gasteiger partial charge in [-0.15, -0.1) is 0 Å². The van der Waals surface area contributed by atoms with E-state index in [2.05, 4.69) is 19.1 Å². The van der Waals surface area contributed by atoms with Crippen molar-refractivity contribution in [2.24, 2.45) is 5.92 Å². The van der Waals surface area contributed by atoms with E-state index in [1.54, 1.807) is 0 Å². The zero-order valence-electron chi connectivity index (χ0n) is 11.6. The highest BCUT2D eigenvalue weighted by Gasteiger charge is 2.07. The number of unbranched alkanes of at least 4 members (excludes halogenated alkanes) is 2. The van der Waals surface area contributed by atoms with Crippen molar-refractivity contribution in [3.63, 3.8) is 0 Å². The van der Waals surface area contributed by atoms with Gasteiger partial charge in [0.15, 0.2) is 0 Å². The molecule has 2 atom stereocenters. The highest BCUT2D eigenvalue weighted by molar-refractivity contribution is 5.24. The highest BCUT2D eigenvalue weighted by Crippen LogP contribution is 2.20. The van der Waals surface area contributed by atoms with Crippen molar-refractivity contribution in [2.75, 3.05) is 6.61 Å². The number of rotatable bonds is 8. The molecule has 0 amide bonds. The molecule has 2 heteroatoms. The molecule has 18 heavy (non-hydrogen) atoms. The van der Waals surface area contributed by atoms with E-state index < -0.39 is 0 Å². The van der Waals surface area contributed by atoms with Gasteiger partial charge in [-0.05, 0) is 29.9 Å². The molecular weight excluding hydrogens is 224 g/mol. The van der Waals surface area contributed by atoms with Crippen LogP contribution in [0.1, 0.15) is 56.8 Å². The maximum absolute atomic E-state index is 10.0. The molecule has 0 heterocycles. The van der Waals surface area contributed by atoms with Crippen LogP contribution in [0.2, 0.25) is 0 Å². The van der Waals surface area contributed by atoms with E-state index in [0.29, 0.717) is 5.92 Å². The second-order valence-corrected chi connectivity index (χ2v) is 5.25. The van der Waals surface area contributed by atoms with Gasteiger partial charge >= 0.3 is 0 Å². The molecule has 1 aromatic rings. The number of benzene rings is 1. The Balaban J connectivity index is 2.48. The third kappa shape index (κ3) is 5.19. The summed E-state index contributed by atoms with van der Waals surface area (Å²) in [5, 5.41) is 19.0. The Labute approximate surface area is 111 Å². The van der Waals surface area contributed by atoms with E-state index in [0.717, 1.165) is 24.8 Å². The van der Waals surface area contributed by atoms with Gasteiger partial charge in [0.2, 0.25) is 0 Å². The van der Waals surface area contributed by atoms with Crippen molar-refractivity contribution in [3.05, 3.63) is 35.4 Å². The van der Waals surface area contributed by atoms with Gasteiger partial charge in [0.1, 0.15) is 0 Å². The number of hydrogen-bond acceptors (Lipinski definition) is 2. The third-order valence-corrected chi connectivity index (χ3v) is 3.34. The molecule has 0 fully saturated rings. The molecule has 0 saturated carbocycles. The molecule has 2 nitrogen and oxygen atoms in total. The van der Waals surface area contributed by atoms with Gasteiger partial charge in [-0.2, -0.15) is 0 Å². The van der Waals surface area contributed by atoms with Crippen LogP contribution < -0.4 is 0 Å². The summed E-state index contributed by atoms with van der Waals surface area (Å²) in [6.07, 6.45) is 4.86. The summed E-state index contributed by atoms with van der Waals surface area (Å²) in [5.74, 6) is 0.297. The van der Waals surface area contributed by atoms with Crippen molar-refractivity contribution in [2.45, 2.75) is 52.1 Å². The summed E-state index contributed by atoms with van der Waals surface area (Å²) >= 11 is 0. The van der Waals surface area contributed by atoms with Gasteiger partial charge in [0, 0.05) is 6.61 Å². The molecule has 0 aliphatic heterocycles. The summed E-state index contributed by atoms with van der Waals surface area (Å²) < 4.78 is 0. The molecule has 0 bridgehead atoms. The summed E-state index contributed by atoms with van der Waals surface area (Å²) in [4.78, 5) is 0. The Bertz CT molecular complexity index is 318. The molecule has 2 N–H and O–H groups in total. The van der Waals surface area contributed by atoms with E-state index in [1.165, 1.54) is 18.4 Å². The van der Waals surface area contributed by atoms with E-state index in [9.17, 15) is 5.11 Å². The summed E-state index contributed by atoms with van der Waals surface area (Å²) in [6.45, 7) is 4.43. The number of hydrogen-bond donors (Lipinski definition) is 2. The fraction of sp³-hybridized carbons (Fsp3) is 0.625. The van der Waals surface area contributed by atoms with Crippen LogP contribution in [-0.2, 0) is 6.42 Å². The Morgan fingerprint density at radius 3 is 2.33 bits per heavy atom. The second kappa shape index (κ2) is 8.28.